The van der Waals surface area contributed by atoms with Gasteiger partial charge in [0.15, 0.2) is 0 Å². The Kier molecular flexibility index (Phi) is 8.27. The van der Waals surface area contributed by atoms with Crippen molar-refractivity contribution in [2.75, 3.05) is 0 Å². The van der Waals surface area contributed by atoms with Crippen molar-refractivity contribution in [1.82, 2.24) is 0 Å². The number of nitrogens with two attached hydrogens (primary N) is 1. The van der Waals surface area contributed by atoms with Crippen molar-refractivity contribution in [3.05, 3.63) is 24.1 Å². The van der Waals surface area contributed by atoms with E-state index >= 15 is 0 Å². The van der Waals surface area contributed by atoms with Gasteiger partial charge in [-0.3, -0.25) is 0 Å². The maximum atomic E-state index is 5.78. The SMILES string of the molecule is C=CC(C)(C)S/C=C\C(C)(C)N.CC. The monoisotopic (exact) mass is 215 g/mol. The molecule has 0 saturated heterocycles. The van der Waals surface area contributed by atoms with Crippen LogP contribution >= 0.6 is 11.8 Å². The lowest BCUT2D eigenvalue weighted by Crippen LogP contribution is -2.28. The minimum atomic E-state index is -0.218. The molecular weight excluding hydrogens is 190 g/mol. The van der Waals surface area contributed by atoms with Crippen molar-refractivity contribution in [3.8, 4) is 0 Å². The molecule has 84 valence electrons. The van der Waals surface area contributed by atoms with E-state index in [1.807, 2.05) is 45.3 Å². The Morgan fingerprint density at radius 1 is 1.14 bits per heavy atom. The highest BCUT2D eigenvalue weighted by Crippen LogP contribution is 2.26. The molecular formula is C12H25NS. The highest BCUT2D eigenvalue weighted by atomic mass is 32.2. The fourth-order valence-electron chi connectivity index (χ4n) is 0.433. The Hall–Kier alpha value is -0.210. The molecule has 0 saturated carbocycles. The molecule has 2 N–H and O–H groups in total. The highest BCUT2D eigenvalue weighted by molar-refractivity contribution is 8.03. The lowest BCUT2D eigenvalue weighted by Gasteiger charge is -2.17. The molecule has 2 heteroatoms. The zero-order valence-corrected chi connectivity index (χ0v) is 11.2. The number of hydrogen-bond donors (Lipinski definition) is 1. The molecule has 0 aliphatic rings. The second-order valence-electron chi connectivity index (χ2n) is 4.05. The summed E-state index contributed by atoms with van der Waals surface area (Å²) in [5.41, 5.74) is 5.56. The Labute approximate surface area is 93.8 Å². The molecule has 0 aromatic heterocycles. The third-order valence-electron chi connectivity index (χ3n) is 1.36. The fourth-order valence-corrected chi connectivity index (χ4v) is 1.30. The molecule has 0 aliphatic carbocycles. The first-order valence-electron chi connectivity index (χ1n) is 5.05. The van der Waals surface area contributed by atoms with Gasteiger partial charge < -0.3 is 5.73 Å². The van der Waals surface area contributed by atoms with Crippen molar-refractivity contribution in [1.29, 1.82) is 0 Å². The molecule has 0 bridgehead atoms. The van der Waals surface area contributed by atoms with Crippen LogP contribution in [0.1, 0.15) is 41.5 Å². The molecule has 0 atom stereocenters. The molecule has 0 radical (unpaired) electrons. The minimum Gasteiger partial charge on any atom is -0.322 e. The summed E-state index contributed by atoms with van der Waals surface area (Å²) < 4.78 is 0.0990. The largest absolute Gasteiger partial charge is 0.322 e. The van der Waals surface area contributed by atoms with Gasteiger partial charge in [-0.25, -0.2) is 0 Å². The summed E-state index contributed by atoms with van der Waals surface area (Å²) in [4.78, 5) is 0. The van der Waals surface area contributed by atoms with Crippen molar-refractivity contribution in [2.24, 2.45) is 5.73 Å². The van der Waals surface area contributed by atoms with Gasteiger partial charge in [0.25, 0.3) is 0 Å². The molecule has 14 heavy (non-hydrogen) atoms. The van der Waals surface area contributed by atoms with Crippen LogP contribution in [-0.2, 0) is 0 Å². The van der Waals surface area contributed by atoms with E-state index in [-0.39, 0.29) is 10.3 Å². The topological polar surface area (TPSA) is 26.0 Å². The van der Waals surface area contributed by atoms with E-state index in [0.717, 1.165) is 0 Å². The number of hydrogen-bond acceptors (Lipinski definition) is 2. The first kappa shape index (κ1) is 16.2. The summed E-state index contributed by atoms with van der Waals surface area (Å²) in [5, 5.41) is 2.04. The summed E-state index contributed by atoms with van der Waals surface area (Å²) in [5.74, 6) is 0. The average Bonchev–Trinajstić information content (AvgIpc) is 2.05. The lowest BCUT2D eigenvalue weighted by molar-refractivity contribution is 0.655. The van der Waals surface area contributed by atoms with Crippen molar-refractivity contribution in [2.45, 2.75) is 51.8 Å². The van der Waals surface area contributed by atoms with Crippen LogP contribution in [0, 0.1) is 0 Å². The van der Waals surface area contributed by atoms with Crippen LogP contribution in [0.25, 0.3) is 0 Å². The smallest absolute Gasteiger partial charge is 0.0321 e. The highest BCUT2D eigenvalue weighted by Gasteiger charge is 2.11. The van der Waals surface area contributed by atoms with Crippen LogP contribution in [0.3, 0.4) is 0 Å². The minimum absolute atomic E-state index is 0.0990. The van der Waals surface area contributed by atoms with Gasteiger partial charge in [-0.1, -0.05) is 26.0 Å². The van der Waals surface area contributed by atoms with Crippen molar-refractivity contribution < 1.29 is 0 Å². The van der Waals surface area contributed by atoms with Crippen LogP contribution in [0.4, 0.5) is 0 Å². The maximum absolute atomic E-state index is 5.78. The Morgan fingerprint density at radius 3 is 1.86 bits per heavy atom. The molecule has 0 aliphatic heterocycles. The Balaban J connectivity index is 0. The second-order valence-corrected chi connectivity index (χ2v) is 5.61. The number of thioether (sulfide) groups is 1. The van der Waals surface area contributed by atoms with Crippen LogP contribution < -0.4 is 5.73 Å². The van der Waals surface area contributed by atoms with Crippen LogP contribution in [-0.4, -0.2) is 10.3 Å². The van der Waals surface area contributed by atoms with Gasteiger partial charge in [-0.2, -0.15) is 0 Å². The van der Waals surface area contributed by atoms with Gasteiger partial charge >= 0.3 is 0 Å². The third kappa shape index (κ3) is 11.8. The van der Waals surface area contributed by atoms with Crippen LogP contribution in [0.5, 0.6) is 0 Å². The van der Waals surface area contributed by atoms with Gasteiger partial charge in [-0.15, -0.1) is 18.3 Å². The molecule has 0 fully saturated rings. The molecule has 1 nitrogen and oxygen atoms in total. The van der Waals surface area contributed by atoms with Gasteiger partial charge in [0, 0.05) is 10.3 Å². The van der Waals surface area contributed by atoms with E-state index in [2.05, 4.69) is 20.4 Å². The standard InChI is InChI=1S/C10H19NS.C2H6/c1-6-10(4,5)12-8-7-9(2,3)11;1-2/h6-8H,1,11H2,2-5H3;1-2H3/b8-7-;. The van der Waals surface area contributed by atoms with Crippen molar-refractivity contribution >= 4 is 11.8 Å². The van der Waals surface area contributed by atoms with Gasteiger partial charge in [0.05, 0.1) is 0 Å². The second kappa shape index (κ2) is 7.13. The van der Waals surface area contributed by atoms with Crippen molar-refractivity contribution in [3.63, 3.8) is 0 Å². The van der Waals surface area contributed by atoms with E-state index in [0.29, 0.717) is 0 Å². The number of rotatable bonds is 4. The predicted octanol–water partition coefficient (Wildman–Crippen LogP) is 3.96. The molecule has 0 aromatic carbocycles. The average molecular weight is 215 g/mol. The maximum Gasteiger partial charge on any atom is 0.0321 e. The summed E-state index contributed by atoms with van der Waals surface area (Å²) in [6, 6.07) is 0. The lowest BCUT2D eigenvalue weighted by atomic mass is 10.1. The van der Waals surface area contributed by atoms with E-state index in [1.165, 1.54) is 0 Å². The van der Waals surface area contributed by atoms with E-state index in [4.69, 9.17) is 5.73 Å². The van der Waals surface area contributed by atoms with Gasteiger partial charge in [-0.05, 0) is 33.1 Å². The first-order valence-corrected chi connectivity index (χ1v) is 5.93. The van der Waals surface area contributed by atoms with Gasteiger partial charge in [0.2, 0.25) is 0 Å². The van der Waals surface area contributed by atoms with E-state index in [9.17, 15) is 0 Å². The zero-order chi connectivity index (χ0) is 11.8. The molecule has 0 heterocycles. The molecule has 0 aromatic rings. The quantitative estimate of drug-likeness (QED) is 0.718. The van der Waals surface area contributed by atoms with E-state index < -0.39 is 0 Å². The normalized spacial score (nSPS) is 12.2. The summed E-state index contributed by atoms with van der Waals surface area (Å²) in [6.07, 6.45) is 3.94. The summed E-state index contributed by atoms with van der Waals surface area (Å²) in [7, 11) is 0. The molecule has 0 rings (SSSR count). The molecule has 0 spiro atoms. The Morgan fingerprint density at radius 2 is 1.57 bits per heavy atom. The molecule has 0 unspecified atom stereocenters. The first-order chi connectivity index (χ1) is 6.27. The fraction of sp³-hybridized carbons (Fsp3) is 0.667. The van der Waals surface area contributed by atoms with Crippen LogP contribution in [0.2, 0.25) is 0 Å². The third-order valence-corrected chi connectivity index (χ3v) is 2.41. The zero-order valence-electron chi connectivity index (χ0n) is 10.4. The predicted molar refractivity (Wildman–Crippen MR) is 70.6 cm³/mol. The van der Waals surface area contributed by atoms with E-state index in [1.54, 1.807) is 11.8 Å². The van der Waals surface area contributed by atoms with Gasteiger partial charge in [0.1, 0.15) is 0 Å². The Bertz CT molecular complexity index is 175. The van der Waals surface area contributed by atoms with Crippen LogP contribution in [0.15, 0.2) is 24.1 Å². The summed E-state index contributed by atoms with van der Waals surface area (Å²) >= 11 is 1.73. The summed E-state index contributed by atoms with van der Waals surface area (Å²) in [6.45, 7) is 16.0. The molecule has 0 amide bonds.